The molecule has 7 nitrogen and oxygen atoms in total. The average molecular weight is 326 g/mol. The smallest absolute Gasteiger partial charge is 0.331 e. The monoisotopic (exact) mass is 326 g/mol. The maximum Gasteiger partial charge on any atom is 0.331 e. The summed E-state index contributed by atoms with van der Waals surface area (Å²) in [6.07, 6.45) is 1.54. The summed E-state index contributed by atoms with van der Waals surface area (Å²) >= 11 is 0. The van der Waals surface area contributed by atoms with Crippen LogP contribution in [0.2, 0.25) is 0 Å². The van der Waals surface area contributed by atoms with Gasteiger partial charge in [-0.2, -0.15) is 0 Å². The summed E-state index contributed by atoms with van der Waals surface area (Å²) in [7, 11) is 1.51. The zero-order valence-corrected chi connectivity index (χ0v) is 13.9. The van der Waals surface area contributed by atoms with Gasteiger partial charge in [-0.15, -0.1) is 0 Å². The van der Waals surface area contributed by atoms with Gasteiger partial charge in [0.25, 0.3) is 0 Å². The highest BCUT2D eigenvalue weighted by molar-refractivity contribution is 5.92. The van der Waals surface area contributed by atoms with E-state index in [1.54, 1.807) is 19.9 Å². The Bertz CT molecular complexity index is 527. The minimum atomic E-state index is -1.26. The van der Waals surface area contributed by atoms with Crippen LogP contribution in [0.15, 0.2) is 22.8 Å². The molecule has 1 rings (SSSR count). The number of rotatable bonds is 9. The molecule has 0 aromatic heterocycles. The van der Waals surface area contributed by atoms with E-state index in [0.29, 0.717) is 30.8 Å². The summed E-state index contributed by atoms with van der Waals surface area (Å²) in [5.41, 5.74) is 5.61. The lowest BCUT2D eigenvalue weighted by atomic mass is 9.70. The van der Waals surface area contributed by atoms with Gasteiger partial charge in [0.2, 0.25) is 0 Å². The highest BCUT2D eigenvalue weighted by Gasteiger charge is 2.43. The van der Waals surface area contributed by atoms with Crippen LogP contribution in [0.4, 0.5) is 0 Å². The SMILES string of the molecule is COC(C)CC1(C(=O)O)C=C(C)C(CNCCN)=C(C(=O)O)C1. The molecule has 0 amide bonds. The van der Waals surface area contributed by atoms with Crippen molar-refractivity contribution in [2.75, 3.05) is 26.7 Å². The van der Waals surface area contributed by atoms with Crippen LogP contribution in [0, 0.1) is 5.41 Å². The fourth-order valence-corrected chi connectivity index (χ4v) is 2.93. The van der Waals surface area contributed by atoms with E-state index in [1.807, 2.05) is 0 Å². The van der Waals surface area contributed by atoms with Crippen LogP contribution >= 0.6 is 0 Å². The van der Waals surface area contributed by atoms with Crippen LogP contribution in [0.1, 0.15) is 26.7 Å². The van der Waals surface area contributed by atoms with Crippen molar-refractivity contribution in [3.63, 3.8) is 0 Å². The van der Waals surface area contributed by atoms with E-state index in [-0.39, 0.29) is 24.5 Å². The zero-order valence-electron chi connectivity index (χ0n) is 13.9. The maximum atomic E-state index is 11.9. The third-order valence-electron chi connectivity index (χ3n) is 4.19. The van der Waals surface area contributed by atoms with Gasteiger partial charge in [0, 0.05) is 32.3 Å². The first-order valence-electron chi connectivity index (χ1n) is 7.59. The molecule has 2 atom stereocenters. The number of carbonyl (C=O) groups is 2. The molecule has 0 aromatic rings. The first-order valence-corrected chi connectivity index (χ1v) is 7.59. The van der Waals surface area contributed by atoms with Crippen molar-refractivity contribution in [1.29, 1.82) is 0 Å². The van der Waals surface area contributed by atoms with E-state index < -0.39 is 17.4 Å². The predicted octanol–water partition coefficient (Wildman–Crippen LogP) is 0.762. The number of nitrogens with two attached hydrogens (primary N) is 1. The third-order valence-corrected chi connectivity index (χ3v) is 4.19. The summed E-state index contributed by atoms with van der Waals surface area (Å²) in [5.74, 6) is -2.12. The Morgan fingerprint density at radius 2 is 2.13 bits per heavy atom. The summed E-state index contributed by atoms with van der Waals surface area (Å²) in [6.45, 7) is 4.89. The quantitative estimate of drug-likeness (QED) is 0.461. The molecule has 0 fully saturated rings. The molecule has 0 heterocycles. The molecule has 130 valence electrons. The number of aliphatic carboxylic acids is 2. The molecule has 2 unspecified atom stereocenters. The average Bonchev–Trinajstić information content (AvgIpc) is 2.48. The van der Waals surface area contributed by atoms with Gasteiger partial charge in [0.05, 0.1) is 11.5 Å². The zero-order chi connectivity index (χ0) is 17.6. The topological polar surface area (TPSA) is 122 Å². The first-order chi connectivity index (χ1) is 10.8. The largest absolute Gasteiger partial charge is 0.481 e. The summed E-state index contributed by atoms with van der Waals surface area (Å²) in [5, 5.41) is 22.3. The van der Waals surface area contributed by atoms with Crippen LogP contribution < -0.4 is 11.1 Å². The van der Waals surface area contributed by atoms with Gasteiger partial charge in [-0.3, -0.25) is 4.79 Å². The van der Waals surface area contributed by atoms with Gasteiger partial charge < -0.3 is 26.0 Å². The number of hydrogen-bond acceptors (Lipinski definition) is 5. The normalized spacial score (nSPS) is 22.7. The summed E-state index contributed by atoms with van der Waals surface area (Å²) < 4.78 is 5.18. The highest BCUT2D eigenvalue weighted by atomic mass is 16.5. The van der Waals surface area contributed by atoms with Crippen molar-refractivity contribution >= 4 is 11.9 Å². The Morgan fingerprint density at radius 3 is 2.61 bits per heavy atom. The lowest BCUT2D eigenvalue weighted by molar-refractivity contribution is -0.148. The van der Waals surface area contributed by atoms with E-state index in [2.05, 4.69) is 5.32 Å². The predicted molar refractivity (Wildman–Crippen MR) is 86.1 cm³/mol. The Morgan fingerprint density at radius 1 is 1.48 bits per heavy atom. The van der Waals surface area contributed by atoms with Crippen LogP contribution in [0.5, 0.6) is 0 Å². The molecule has 7 heteroatoms. The van der Waals surface area contributed by atoms with Crippen LogP contribution in [0.25, 0.3) is 0 Å². The van der Waals surface area contributed by atoms with Gasteiger partial charge in [-0.25, -0.2) is 4.79 Å². The van der Waals surface area contributed by atoms with E-state index >= 15 is 0 Å². The molecule has 0 bridgehead atoms. The molecule has 0 saturated heterocycles. The van der Waals surface area contributed by atoms with Crippen molar-refractivity contribution in [2.45, 2.75) is 32.8 Å². The van der Waals surface area contributed by atoms with Gasteiger partial charge in [0.1, 0.15) is 0 Å². The number of carboxylic acid groups (broad SMARTS) is 2. The minimum absolute atomic E-state index is 0.0532. The lowest BCUT2D eigenvalue weighted by Gasteiger charge is -2.34. The van der Waals surface area contributed by atoms with Gasteiger partial charge >= 0.3 is 11.9 Å². The Labute approximate surface area is 136 Å². The van der Waals surface area contributed by atoms with E-state index in [4.69, 9.17) is 10.5 Å². The fraction of sp³-hybridized carbons (Fsp3) is 0.625. The summed E-state index contributed by atoms with van der Waals surface area (Å²) in [4.78, 5) is 23.5. The molecule has 1 aliphatic rings. The van der Waals surface area contributed by atoms with Crippen LogP contribution in [0.3, 0.4) is 0 Å². The summed E-state index contributed by atoms with van der Waals surface area (Å²) in [6, 6.07) is 0. The van der Waals surface area contributed by atoms with Crippen molar-refractivity contribution in [1.82, 2.24) is 5.32 Å². The van der Waals surface area contributed by atoms with E-state index in [0.717, 1.165) is 0 Å². The number of ether oxygens (including phenoxy) is 1. The van der Waals surface area contributed by atoms with Crippen molar-refractivity contribution < 1.29 is 24.5 Å². The maximum absolute atomic E-state index is 11.9. The fourth-order valence-electron chi connectivity index (χ4n) is 2.93. The van der Waals surface area contributed by atoms with Gasteiger partial charge in [-0.05, 0) is 37.8 Å². The second-order valence-corrected chi connectivity index (χ2v) is 5.94. The Kier molecular flexibility index (Phi) is 6.93. The third kappa shape index (κ3) is 4.63. The lowest BCUT2D eigenvalue weighted by Crippen LogP contribution is -2.38. The second-order valence-electron chi connectivity index (χ2n) is 5.94. The van der Waals surface area contributed by atoms with Crippen LogP contribution in [-0.2, 0) is 14.3 Å². The Hall–Kier alpha value is -1.70. The molecule has 0 spiro atoms. The van der Waals surface area contributed by atoms with Crippen molar-refractivity contribution in [2.24, 2.45) is 11.1 Å². The number of carboxylic acids is 2. The Balaban J connectivity index is 3.20. The number of hydrogen-bond donors (Lipinski definition) is 4. The minimum Gasteiger partial charge on any atom is -0.481 e. The molecule has 0 aromatic carbocycles. The van der Waals surface area contributed by atoms with Crippen LogP contribution in [-0.4, -0.2) is 55.0 Å². The van der Waals surface area contributed by atoms with Gasteiger partial charge in [0.15, 0.2) is 0 Å². The molecule has 23 heavy (non-hydrogen) atoms. The number of nitrogens with one attached hydrogen (secondary N) is 1. The van der Waals surface area contributed by atoms with E-state index in [1.165, 1.54) is 7.11 Å². The molecule has 1 aliphatic carbocycles. The van der Waals surface area contributed by atoms with Gasteiger partial charge in [-0.1, -0.05) is 6.08 Å². The molecular formula is C16H26N2O5. The van der Waals surface area contributed by atoms with E-state index in [9.17, 15) is 19.8 Å². The molecule has 0 radical (unpaired) electrons. The van der Waals surface area contributed by atoms with Crippen molar-refractivity contribution in [3.8, 4) is 0 Å². The molecular weight excluding hydrogens is 300 g/mol. The standard InChI is InChI=1S/C16H26N2O5/c1-10-6-16(15(21)22,7-11(2)23-3)8-12(14(19)20)13(10)9-18-5-4-17/h6,11,18H,4-5,7-9,17H2,1-3H3,(H,19,20)(H,21,22). The highest BCUT2D eigenvalue weighted by Crippen LogP contribution is 2.41. The second kappa shape index (κ2) is 8.24. The molecule has 5 N–H and O–H groups in total. The molecule has 0 aliphatic heterocycles. The molecule has 0 saturated carbocycles. The number of methoxy groups -OCH3 is 1. The van der Waals surface area contributed by atoms with Crippen molar-refractivity contribution in [3.05, 3.63) is 22.8 Å². The first kappa shape index (κ1) is 19.3.